The van der Waals surface area contributed by atoms with Crippen LogP contribution in [0.4, 0.5) is 0 Å². The van der Waals surface area contributed by atoms with E-state index in [-0.39, 0.29) is 36.8 Å². The molecule has 0 aromatic carbocycles. The van der Waals surface area contributed by atoms with E-state index in [0.29, 0.717) is 31.7 Å². The number of amides is 1. The van der Waals surface area contributed by atoms with Crippen LogP contribution in [0.1, 0.15) is 33.1 Å². The highest BCUT2D eigenvalue weighted by Gasteiger charge is 2.31. The Hall–Kier alpha value is -1.15. The van der Waals surface area contributed by atoms with Crippen LogP contribution in [-0.2, 0) is 24.3 Å². The average molecular weight is 348 g/mol. The number of hydrogen-bond acceptors (Lipinski definition) is 5. The summed E-state index contributed by atoms with van der Waals surface area (Å²) in [5.74, 6) is -0.961. The number of rotatable bonds is 7. The zero-order valence-corrected chi connectivity index (χ0v) is 15.2. The van der Waals surface area contributed by atoms with Gasteiger partial charge in [-0.05, 0) is 25.2 Å². The predicted octanol–water partition coefficient (Wildman–Crippen LogP) is 0.610. The van der Waals surface area contributed by atoms with Crippen LogP contribution in [-0.4, -0.2) is 57.6 Å². The molecule has 8 heteroatoms. The molecule has 1 amide bonds. The molecular formula is C15H28N2O5S. The van der Waals surface area contributed by atoms with E-state index in [9.17, 15) is 18.0 Å². The molecular weight excluding hydrogens is 320 g/mol. The van der Waals surface area contributed by atoms with Crippen LogP contribution in [0.3, 0.4) is 0 Å². The summed E-state index contributed by atoms with van der Waals surface area (Å²) in [6.45, 7) is 4.89. The van der Waals surface area contributed by atoms with Crippen molar-refractivity contribution in [1.29, 1.82) is 0 Å². The third kappa shape index (κ3) is 6.47. The lowest BCUT2D eigenvalue weighted by atomic mass is 9.95. The highest BCUT2D eigenvalue weighted by atomic mass is 32.2. The normalized spacial score (nSPS) is 21.0. The van der Waals surface area contributed by atoms with Gasteiger partial charge in [0, 0.05) is 19.6 Å². The van der Waals surface area contributed by atoms with Crippen LogP contribution in [0.25, 0.3) is 0 Å². The Morgan fingerprint density at radius 1 is 1.35 bits per heavy atom. The minimum atomic E-state index is -3.28. The fourth-order valence-corrected chi connectivity index (χ4v) is 3.74. The van der Waals surface area contributed by atoms with E-state index in [0.717, 1.165) is 6.26 Å². The quantitative estimate of drug-likeness (QED) is 0.681. The van der Waals surface area contributed by atoms with E-state index in [2.05, 4.69) is 5.32 Å². The van der Waals surface area contributed by atoms with Crippen molar-refractivity contribution >= 4 is 21.9 Å². The molecule has 1 rings (SSSR count). The maximum Gasteiger partial charge on any atom is 0.310 e. The molecule has 0 aromatic heterocycles. The van der Waals surface area contributed by atoms with Crippen molar-refractivity contribution in [2.24, 2.45) is 17.8 Å². The smallest absolute Gasteiger partial charge is 0.310 e. The number of sulfonamides is 1. The lowest BCUT2D eigenvalue weighted by Crippen LogP contribution is -2.46. The number of hydrogen-bond donors (Lipinski definition) is 1. The van der Waals surface area contributed by atoms with E-state index >= 15 is 0 Å². The molecule has 1 fully saturated rings. The Morgan fingerprint density at radius 3 is 2.52 bits per heavy atom. The monoisotopic (exact) mass is 348 g/mol. The first-order chi connectivity index (χ1) is 10.6. The Kier molecular flexibility index (Phi) is 7.47. The number of ether oxygens (including phenoxy) is 1. The molecule has 0 aromatic rings. The summed E-state index contributed by atoms with van der Waals surface area (Å²) in [6, 6.07) is 0. The molecule has 0 unspecified atom stereocenters. The summed E-state index contributed by atoms with van der Waals surface area (Å²) in [7, 11) is -1.94. The largest absolute Gasteiger partial charge is 0.469 e. The fourth-order valence-electron chi connectivity index (χ4n) is 2.82. The maximum atomic E-state index is 12.3. The van der Waals surface area contributed by atoms with Crippen LogP contribution in [0, 0.1) is 17.8 Å². The van der Waals surface area contributed by atoms with Gasteiger partial charge in [-0.3, -0.25) is 9.59 Å². The van der Waals surface area contributed by atoms with Crippen molar-refractivity contribution < 1.29 is 22.7 Å². The molecule has 0 radical (unpaired) electrons. The van der Waals surface area contributed by atoms with Crippen LogP contribution in [0.2, 0.25) is 0 Å². The summed E-state index contributed by atoms with van der Waals surface area (Å²) >= 11 is 0. The molecule has 7 nitrogen and oxygen atoms in total. The molecule has 1 aliphatic rings. The molecule has 23 heavy (non-hydrogen) atoms. The van der Waals surface area contributed by atoms with Gasteiger partial charge in [0.2, 0.25) is 15.9 Å². The molecule has 1 saturated heterocycles. The van der Waals surface area contributed by atoms with Gasteiger partial charge in [-0.1, -0.05) is 13.8 Å². The fraction of sp³-hybridized carbons (Fsp3) is 0.867. The summed E-state index contributed by atoms with van der Waals surface area (Å²) in [5, 5.41) is 2.78. The third-order valence-corrected chi connectivity index (χ3v) is 5.31. The molecule has 1 N–H and O–H groups in total. The van der Waals surface area contributed by atoms with E-state index in [1.807, 2.05) is 13.8 Å². The third-order valence-electron chi connectivity index (χ3n) is 4.04. The maximum absolute atomic E-state index is 12.3. The second-order valence-corrected chi connectivity index (χ2v) is 8.54. The minimum Gasteiger partial charge on any atom is -0.469 e. The highest BCUT2D eigenvalue weighted by molar-refractivity contribution is 7.88. The van der Waals surface area contributed by atoms with E-state index in [1.54, 1.807) is 0 Å². The van der Waals surface area contributed by atoms with Crippen molar-refractivity contribution in [2.75, 3.05) is 33.0 Å². The minimum absolute atomic E-state index is 0.198. The number of piperidine rings is 1. The second kappa shape index (κ2) is 8.63. The van der Waals surface area contributed by atoms with Crippen LogP contribution >= 0.6 is 0 Å². The molecule has 134 valence electrons. The molecule has 0 aliphatic carbocycles. The van der Waals surface area contributed by atoms with Gasteiger partial charge in [-0.2, -0.15) is 0 Å². The van der Waals surface area contributed by atoms with Crippen molar-refractivity contribution in [2.45, 2.75) is 33.1 Å². The number of esters is 1. The average Bonchev–Trinajstić information content (AvgIpc) is 2.49. The number of carbonyl (C=O) groups excluding carboxylic acids is 2. The van der Waals surface area contributed by atoms with Crippen LogP contribution in [0.15, 0.2) is 0 Å². The zero-order valence-electron chi connectivity index (χ0n) is 14.4. The van der Waals surface area contributed by atoms with Gasteiger partial charge < -0.3 is 10.1 Å². The first kappa shape index (κ1) is 19.9. The highest BCUT2D eigenvalue weighted by Crippen LogP contribution is 2.19. The van der Waals surface area contributed by atoms with Crippen molar-refractivity contribution in [3.05, 3.63) is 0 Å². The molecule has 0 spiro atoms. The molecule has 0 bridgehead atoms. The number of methoxy groups -OCH3 is 1. The van der Waals surface area contributed by atoms with E-state index in [1.165, 1.54) is 11.4 Å². The van der Waals surface area contributed by atoms with Gasteiger partial charge >= 0.3 is 5.97 Å². The lowest BCUT2D eigenvalue weighted by Gasteiger charge is -2.30. The number of nitrogens with zero attached hydrogens (tertiary/aromatic N) is 1. The molecule has 0 saturated carbocycles. The van der Waals surface area contributed by atoms with Gasteiger partial charge in [-0.15, -0.1) is 0 Å². The van der Waals surface area contributed by atoms with Crippen molar-refractivity contribution in [3.8, 4) is 0 Å². The van der Waals surface area contributed by atoms with Gasteiger partial charge in [0.25, 0.3) is 0 Å². The molecule has 1 aliphatic heterocycles. The summed E-state index contributed by atoms with van der Waals surface area (Å²) in [4.78, 5) is 24.0. The first-order valence-corrected chi connectivity index (χ1v) is 9.80. The van der Waals surface area contributed by atoms with E-state index in [4.69, 9.17) is 4.74 Å². The Labute approximate surface area is 138 Å². The SMILES string of the molecule is COC(=O)[C@H](CNC(=O)[C@@H]1CCCN(S(C)(=O)=O)C1)CC(C)C. The van der Waals surface area contributed by atoms with Gasteiger partial charge in [0.1, 0.15) is 0 Å². The summed E-state index contributed by atoms with van der Waals surface area (Å²) < 4.78 is 29.3. The van der Waals surface area contributed by atoms with Gasteiger partial charge in [0.05, 0.1) is 25.2 Å². The second-order valence-electron chi connectivity index (χ2n) is 6.55. The van der Waals surface area contributed by atoms with Crippen LogP contribution < -0.4 is 5.32 Å². The first-order valence-electron chi connectivity index (χ1n) is 7.95. The number of nitrogens with one attached hydrogen (secondary N) is 1. The lowest BCUT2D eigenvalue weighted by molar-refractivity contribution is -0.146. The standard InChI is InChI=1S/C15H28N2O5S/c1-11(2)8-13(15(19)22-3)9-16-14(18)12-6-5-7-17(10-12)23(4,20)21/h11-13H,5-10H2,1-4H3,(H,16,18)/t12-,13+/m1/s1. The van der Waals surface area contributed by atoms with E-state index < -0.39 is 10.0 Å². The molecule has 1 heterocycles. The van der Waals surface area contributed by atoms with Crippen LogP contribution in [0.5, 0.6) is 0 Å². The topological polar surface area (TPSA) is 92.8 Å². The zero-order chi connectivity index (χ0) is 17.6. The summed E-state index contributed by atoms with van der Waals surface area (Å²) in [6.07, 6.45) is 3.11. The Morgan fingerprint density at radius 2 is 2.00 bits per heavy atom. The van der Waals surface area contributed by atoms with Crippen molar-refractivity contribution in [3.63, 3.8) is 0 Å². The Bertz CT molecular complexity index is 518. The van der Waals surface area contributed by atoms with Crippen molar-refractivity contribution in [1.82, 2.24) is 9.62 Å². The Balaban J connectivity index is 2.58. The number of carbonyl (C=O) groups is 2. The predicted molar refractivity (Wildman–Crippen MR) is 87.1 cm³/mol. The van der Waals surface area contributed by atoms with Gasteiger partial charge in [0.15, 0.2) is 0 Å². The van der Waals surface area contributed by atoms with Gasteiger partial charge in [-0.25, -0.2) is 12.7 Å². The molecule has 2 atom stereocenters. The summed E-state index contributed by atoms with van der Waals surface area (Å²) in [5.41, 5.74) is 0.